The third-order valence-corrected chi connectivity index (χ3v) is 4.12. The highest BCUT2D eigenvalue weighted by atomic mass is 15.1. The zero-order valence-corrected chi connectivity index (χ0v) is 12.3. The number of benzene rings is 2. The first-order valence-electron chi connectivity index (χ1n) is 7.20. The van der Waals surface area contributed by atoms with E-state index in [9.17, 15) is 0 Å². The number of hydrogen-bond donors (Lipinski definition) is 1. The molecule has 0 radical (unpaired) electrons. The third-order valence-electron chi connectivity index (χ3n) is 4.12. The summed E-state index contributed by atoms with van der Waals surface area (Å²) >= 11 is 0. The van der Waals surface area contributed by atoms with E-state index < -0.39 is 0 Å². The number of fused-ring (bicyclic) bond motifs is 1. The minimum Gasteiger partial charge on any atom is -0.399 e. The van der Waals surface area contributed by atoms with Gasteiger partial charge in [-0.25, -0.2) is 0 Å². The Kier molecular flexibility index (Phi) is 3.27. The highest BCUT2D eigenvalue weighted by molar-refractivity contribution is 5.48. The zero-order valence-electron chi connectivity index (χ0n) is 12.3. The first-order chi connectivity index (χ1) is 9.54. The van der Waals surface area contributed by atoms with Crippen LogP contribution in [-0.4, -0.2) is 11.4 Å². The van der Waals surface area contributed by atoms with Crippen molar-refractivity contribution in [1.29, 1.82) is 0 Å². The van der Waals surface area contributed by atoms with Gasteiger partial charge in [0.25, 0.3) is 0 Å². The molecule has 104 valence electrons. The lowest BCUT2D eigenvalue weighted by Gasteiger charge is -2.40. The summed E-state index contributed by atoms with van der Waals surface area (Å²) in [6.07, 6.45) is 0. The molecule has 2 aromatic carbocycles. The lowest BCUT2D eigenvalue weighted by atomic mass is 9.78. The quantitative estimate of drug-likeness (QED) is 0.842. The van der Waals surface area contributed by atoms with Crippen LogP contribution in [-0.2, 0) is 18.5 Å². The molecule has 0 amide bonds. The minimum atomic E-state index is 0.177. The first kappa shape index (κ1) is 13.2. The molecule has 20 heavy (non-hydrogen) atoms. The molecule has 1 aliphatic heterocycles. The maximum Gasteiger partial charge on any atom is 0.0317 e. The number of nitrogens with two attached hydrogens (primary N) is 1. The van der Waals surface area contributed by atoms with Crippen LogP contribution in [0.5, 0.6) is 0 Å². The highest BCUT2D eigenvalue weighted by Crippen LogP contribution is 2.34. The van der Waals surface area contributed by atoms with Gasteiger partial charge in [0, 0.05) is 30.7 Å². The first-order valence-corrected chi connectivity index (χ1v) is 7.20. The Hall–Kier alpha value is -1.80. The Bertz CT molecular complexity index is 602. The van der Waals surface area contributed by atoms with Crippen molar-refractivity contribution in [3.8, 4) is 0 Å². The molecule has 0 saturated carbocycles. The van der Waals surface area contributed by atoms with E-state index in [2.05, 4.69) is 61.2 Å². The summed E-state index contributed by atoms with van der Waals surface area (Å²) in [6.45, 7) is 7.70. The van der Waals surface area contributed by atoms with Gasteiger partial charge >= 0.3 is 0 Å². The van der Waals surface area contributed by atoms with Gasteiger partial charge < -0.3 is 5.73 Å². The second-order valence-electron chi connectivity index (χ2n) is 6.43. The second kappa shape index (κ2) is 4.95. The molecule has 0 saturated heterocycles. The van der Waals surface area contributed by atoms with Gasteiger partial charge in [0.2, 0.25) is 0 Å². The SMILES string of the molecule is CC1(C)CN(Cc2ccccc2)Cc2cc(N)ccc21. The number of hydrogen-bond acceptors (Lipinski definition) is 2. The summed E-state index contributed by atoms with van der Waals surface area (Å²) in [6, 6.07) is 17.0. The molecule has 2 nitrogen and oxygen atoms in total. The van der Waals surface area contributed by atoms with Crippen molar-refractivity contribution in [2.75, 3.05) is 12.3 Å². The molecule has 0 bridgehead atoms. The van der Waals surface area contributed by atoms with E-state index in [0.717, 1.165) is 25.3 Å². The molecule has 1 heterocycles. The lowest BCUT2D eigenvalue weighted by molar-refractivity contribution is 0.186. The van der Waals surface area contributed by atoms with Gasteiger partial charge in [0.15, 0.2) is 0 Å². The van der Waals surface area contributed by atoms with E-state index >= 15 is 0 Å². The molecule has 0 aliphatic carbocycles. The Balaban J connectivity index is 1.87. The second-order valence-corrected chi connectivity index (χ2v) is 6.43. The Morgan fingerprint density at radius 2 is 1.85 bits per heavy atom. The van der Waals surface area contributed by atoms with Crippen LogP contribution in [0.4, 0.5) is 5.69 Å². The maximum absolute atomic E-state index is 5.95. The van der Waals surface area contributed by atoms with Gasteiger partial charge in [-0.1, -0.05) is 50.2 Å². The average molecular weight is 266 g/mol. The van der Waals surface area contributed by atoms with Crippen molar-refractivity contribution in [1.82, 2.24) is 4.90 Å². The van der Waals surface area contributed by atoms with E-state index in [0.29, 0.717) is 0 Å². The largest absolute Gasteiger partial charge is 0.399 e. The fourth-order valence-corrected chi connectivity index (χ4v) is 3.30. The van der Waals surface area contributed by atoms with Crippen molar-refractivity contribution in [3.05, 3.63) is 65.2 Å². The molecule has 0 spiro atoms. The standard InChI is InChI=1S/C18H22N2/c1-18(2)13-20(11-14-6-4-3-5-7-14)12-15-10-16(19)8-9-17(15)18/h3-10H,11-13,19H2,1-2H3. The van der Waals surface area contributed by atoms with Crippen molar-refractivity contribution in [3.63, 3.8) is 0 Å². The molecular weight excluding hydrogens is 244 g/mol. The van der Waals surface area contributed by atoms with E-state index in [1.807, 2.05) is 6.07 Å². The molecule has 2 heteroatoms. The summed E-state index contributed by atoms with van der Waals surface area (Å²) in [5.74, 6) is 0. The minimum absolute atomic E-state index is 0.177. The molecular formula is C18H22N2. The van der Waals surface area contributed by atoms with E-state index in [1.54, 1.807) is 0 Å². The van der Waals surface area contributed by atoms with Gasteiger partial charge in [-0.05, 0) is 28.8 Å². The van der Waals surface area contributed by atoms with Crippen molar-refractivity contribution in [2.24, 2.45) is 0 Å². The molecule has 0 aromatic heterocycles. The van der Waals surface area contributed by atoms with Gasteiger partial charge in [0.1, 0.15) is 0 Å². The van der Waals surface area contributed by atoms with Crippen molar-refractivity contribution in [2.45, 2.75) is 32.4 Å². The third kappa shape index (κ3) is 2.56. The maximum atomic E-state index is 5.95. The molecule has 1 aliphatic rings. The Morgan fingerprint density at radius 1 is 1.10 bits per heavy atom. The summed E-state index contributed by atoms with van der Waals surface area (Å²) in [5, 5.41) is 0. The van der Waals surface area contributed by atoms with Crippen LogP contribution in [0, 0.1) is 0 Å². The zero-order chi connectivity index (χ0) is 14.2. The van der Waals surface area contributed by atoms with Gasteiger partial charge in [-0.2, -0.15) is 0 Å². The lowest BCUT2D eigenvalue weighted by Crippen LogP contribution is -2.41. The molecule has 3 rings (SSSR count). The summed E-state index contributed by atoms with van der Waals surface area (Å²) in [4.78, 5) is 2.51. The summed E-state index contributed by atoms with van der Waals surface area (Å²) in [7, 11) is 0. The van der Waals surface area contributed by atoms with Crippen LogP contribution >= 0.6 is 0 Å². The average Bonchev–Trinajstić information content (AvgIpc) is 2.38. The molecule has 0 atom stereocenters. The smallest absolute Gasteiger partial charge is 0.0317 e. The number of rotatable bonds is 2. The van der Waals surface area contributed by atoms with E-state index in [4.69, 9.17) is 5.73 Å². The van der Waals surface area contributed by atoms with Crippen LogP contribution in [0.25, 0.3) is 0 Å². The normalized spacial score (nSPS) is 17.7. The summed E-state index contributed by atoms with van der Waals surface area (Å²) < 4.78 is 0. The van der Waals surface area contributed by atoms with Crippen LogP contribution in [0.2, 0.25) is 0 Å². The van der Waals surface area contributed by atoms with Crippen LogP contribution in [0.3, 0.4) is 0 Å². The monoisotopic (exact) mass is 266 g/mol. The van der Waals surface area contributed by atoms with Gasteiger partial charge in [-0.3, -0.25) is 4.90 Å². The van der Waals surface area contributed by atoms with Crippen LogP contribution in [0.1, 0.15) is 30.5 Å². The van der Waals surface area contributed by atoms with Gasteiger partial charge in [0.05, 0.1) is 0 Å². The topological polar surface area (TPSA) is 29.3 Å². The fraction of sp³-hybridized carbons (Fsp3) is 0.333. The molecule has 2 aromatic rings. The fourth-order valence-electron chi connectivity index (χ4n) is 3.30. The summed E-state index contributed by atoms with van der Waals surface area (Å²) in [5.41, 5.74) is 11.2. The van der Waals surface area contributed by atoms with Crippen LogP contribution in [0.15, 0.2) is 48.5 Å². The number of nitrogens with zero attached hydrogens (tertiary/aromatic N) is 1. The van der Waals surface area contributed by atoms with Crippen LogP contribution < -0.4 is 5.73 Å². The number of anilines is 1. The van der Waals surface area contributed by atoms with Gasteiger partial charge in [-0.15, -0.1) is 0 Å². The predicted molar refractivity (Wildman–Crippen MR) is 84.4 cm³/mol. The molecule has 0 fully saturated rings. The molecule has 2 N–H and O–H groups in total. The molecule has 0 unspecified atom stereocenters. The number of nitrogen functional groups attached to an aromatic ring is 1. The Morgan fingerprint density at radius 3 is 2.60 bits per heavy atom. The van der Waals surface area contributed by atoms with E-state index in [1.165, 1.54) is 16.7 Å². The van der Waals surface area contributed by atoms with Crippen molar-refractivity contribution >= 4 is 5.69 Å². The Labute approximate surface area is 121 Å². The highest BCUT2D eigenvalue weighted by Gasteiger charge is 2.31. The van der Waals surface area contributed by atoms with E-state index in [-0.39, 0.29) is 5.41 Å². The predicted octanol–water partition coefficient (Wildman–Crippen LogP) is 3.56. The van der Waals surface area contributed by atoms with Crippen molar-refractivity contribution < 1.29 is 0 Å².